The van der Waals surface area contributed by atoms with Crippen molar-refractivity contribution in [2.24, 2.45) is 11.7 Å². The van der Waals surface area contributed by atoms with Crippen LogP contribution in [0.25, 0.3) is 0 Å². The minimum atomic E-state index is 0.0751. The second kappa shape index (κ2) is 5.38. The molecule has 0 aliphatic rings. The molecule has 0 aliphatic carbocycles. The fourth-order valence-electron chi connectivity index (χ4n) is 1.44. The van der Waals surface area contributed by atoms with E-state index in [1.165, 1.54) is 0 Å². The highest BCUT2D eigenvalue weighted by atomic mass is 35.5. The Kier molecular flexibility index (Phi) is 4.43. The zero-order valence-electron chi connectivity index (χ0n) is 8.83. The first-order chi connectivity index (χ1) is 6.61. The van der Waals surface area contributed by atoms with E-state index in [2.05, 4.69) is 13.8 Å². The van der Waals surface area contributed by atoms with Gasteiger partial charge in [-0.3, -0.25) is 0 Å². The Morgan fingerprint density at radius 2 is 1.86 bits per heavy atom. The summed E-state index contributed by atoms with van der Waals surface area (Å²) in [6.45, 7) is 4.42. The maximum absolute atomic E-state index is 6.06. The second-order valence-corrected chi connectivity index (χ2v) is 4.51. The van der Waals surface area contributed by atoms with Crippen LogP contribution < -0.4 is 5.73 Å². The van der Waals surface area contributed by atoms with E-state index in [1.807, 2.05) is 24.3 Å². The Labute approximate surface area is 91.3 Å². The van der Waals surface area contributed by atoms with Crippen LogP contribution in [0.3, 0.4) is 0 Å². The van der Waals surface area contributed by atoms with Crippen LogP contribution in [0.4, 0.5) is 0 Å². The smallest absolute Gasteiger partial charge is 0.0453 e. The number of nitrogens with two attached hydrogens (primary N) is 1. The Hall–Kier alpha value is -0.530. The third kappa shape index (κ3) is 3.32. The highest BCUT2D eigenvalue weighted by molar-refractivity contribution is 6.31. The molecule has 0 aromatic heterocycles. The summed E-state index contributed by atoms with van der Waals surface area (Å²) in [5.74, 6) is 0.698. The van der Waals surface area contributed by atoms with E-state index < -0.39 is 0 Å². The van der Waals surface area contributed by atoms with Crippen molar-refractivity contribution >= 4 is 11.6 Å². The first-order valence-electron chi connectivity index (χ1n) is 5.11. The molecule has 1 unspecified atom stereocenters. The van der Waals surface area contributed by atoms with Gasteiger partial charge in [0, 0.05) is 11.1 Å². The zero-order chi connectivity index (χ0) is 10.6. The van der Waals surface area contributed by atoms with Crippen LogP contribution in [0.1, 0.15) is 38.3 Å². The van der Waals surface area contributed by atoms with Gasteiger partial charge in [0.1, 0.15) is 0 Å². The summed E-state index contributed by atoms with van der Waals surface area (Å²) in [6.07, 6.45) is 2.15. The molecule has 0 heterocycles. The molecule has 0 saturated carbocycles. The normalized spacial score (nSPS) is 13.2. The number of benzene rings is 1. The van der Waals surface area contributed by atoms with Gasteiger partial charge in [0.25, 0.3) is 0 Å². The van der Waals surface area contributed by atoms with Crippen molar-refractivity contribution in [3.63, 3.8) is 0 Å². The molecule has 14 heavy (non-hydrogen) atoms. The number of halogens is 1. The molecule has 0 spiro atoms. The van der Waals surface area contributed by atoms with E-state index in [9.17, 15) is 0 Å². The largest absolute Gasteiger partial charge is 0.324 e. The van der Waals surface area contributed by atoms with Gasteiger partial charge in [0.2, 0.25) is 0 Å². The lowest BCUT2D eigenvalue weighted by molar-refractivity contribution is 0.507. The van der Waals surface area contributed by atoms with Gasteiger partial charge in [-0.15, -0.1) is 0 Å². The molecule has 2 heteroatoms. The average Bonchev–Trinajstić information content (AvgIpc) is 2.15. The van der Waals surface area contributed by atoms with E-state index >= 15 is 0 Å². The van der Waals surface area contributed by atoms with Crippen LogP contribution in [0, 0.1) is 5.92 Å². The van der Waals surface area contributed by atoms with Crippen molar-refractivity contribution in [2.75, 3.05) is 0 Å². The third-order valence-electron chi connectivity index (χ3n) is 2.36. The standard InChI is InChI=1S/C12H18ClN/c1-9(2)7-8-12(14)10-5-3-4-6-11(10)13/h3-6,9,12H,7-8,14H2,1-2H3. The van der Waals surface area contributed by atoms with Crippen LogP contribution in [0.5, 0.6) is 0 Å². The van der Waals surface area contributed by atoms with Crippen LogP contribution >= 0.6 is 11.6 Å². The molecule has 1 atom stereocenters. The Balaban J connectivity index is 2.60. The monoisotopic (exact) mass is 211 g/mol. The summed E-state index contributed by atoms with van der Waals surface area (Å²) in [7, 11) is 0. The lowest BCUT2D eigenvalue weighted by Crippen LogP contribution is -2.11. The molecule has 1 nitrogen and oxygen atoms in total. The molecular formula is C12H18ClN. The molecule has 1 rings (SSSR count). The van der Waals surface area contributed by atoms with E-state index in [4.69, 9.17) is 17.3 Å². The van der Waals surface area contributed by atoms with Crippen molar-refractivity contribution in [1.82, 2.24) is 0 Å². The topological polar surface area (TPSA) is 26.0 Å². The molecule has 1 aromatic rings. The fraction of sp³-hybridized carbons (Fsp3) is 0.500. The van der Waals surface area contributed by atoms with Gasteiger partial charge < -0.3 is 5.73 Å². The predicted octanol–water partition coefficient (Wildman–Crippen LogP) is 3.78. The molecule has 0 fully saturated rings. The minimum absolute atomic E-state index is 0.0751. The van der Waals surface area contributed by atoms with Gasteiger partial charge >= 0.3 is 0 Å². The first kappa shape index (κ1) is 11.5. The summed E-state index contributed by atoms with van der Waals surface area (Å²) in [6, 6.07) is 7.89. The summed E-state index contributed by atoms with van der Waals surface area (Å²) < 4.78 is 0. The molecule has 0 bridgehead atoms. The summed E-state index contributed by atoms with van der Waals surface area (Å²) in [5.41, 5.74) is 7.12. The van der Waals surface area contributed by atoms with Crippen LogP contribution in [0.15, 0.2) is 24.3 Å². The SMILES string of the molecule is CC(C)CCC(N)c1ccccc1Cl. The van der Waals surface area contributed by atoms with Gasteiger partial charge in [-0.1, -0.05) is 43.6 Å². The molecule has 0 amide bonds. The lowest BCUT2D eigenvalue weighted by Gasteiger charge is -2.14. The Bertz CT molecular complexity index is 283. The summed E-state index contributed by atoms with van der Waals surface area (Å²) >= 11 is 6.05. The zero-order valence-corrected chi connectivity index (χ0v) is 9.59. The lowest BCUT2D eigenvalue weighted by atomic mass is 9.98. The molecule has 1 aromatic carbocycles. The Morgan fingerprint density at radius 3 is 2.43 bits per heavy atom. The van der Waals surface area contributed by atoms with Gasteiger partial charge in [-0.25, -0.2) is 0 Å². The quantitative estimate of drug-likeness (QED) is 0.806. The average molecular weight is 212 g/mol. The van der Waals surface area contributed by atoms with Crippen LogP contribution in [-0.4, -0.2) is 0 Å². The van der Waals surface area contributed by atoms with E-state index in [-0.39, 0.29) is 6.04 Å². The summed E-state index contributed by atoms with van der Waals surface area (Å²) in [4.78, 5) is 0. The predicted molar refractivity (Wildman–Crippen MR) is 62.5 cm³/mol. The van der Waals surface area contributed by atoms with E-state index in [1.54, 1.807) is 0 Å². The second-order valence-electron chi connectivity index (χ2n) is 4.10. The third-order valence-corrected chi connectivity index (χ3v) is 2.70. The Morgan fingerprint density at radius 1 is 1.21 bits per heavy atom. The minimum Gasteiger partial charge on any atom is -0.324 e. The van der Waals surface area contributed by atoms with Crippen LogP contribution in [-0.2, 0) is 0 Å². The highest BCUT2D eigenvalue weighted by Crippen LogP contribution is 2.25. The molecular weight excluding hydrogens is 194 g/mol. The number of hydrogen-bond donors (Lipinski definition) is 1. The number of hydrogen-bond acceptors (Lipinski definition) is 1. The molecule has 78 valence electrons. The van der Waals surface area contributed by atoms with Crippen molar-refractivity contribution in [2.45, 2.75) is 32.7 Å². The highest BCUT2D eigenvalue weighted by Gasteiger charge is 2.09. The van der Waals surface area contributed by atoms with E-state index in [0.29, 0.717) is 5.92 Å². The summed E-state index contributed by atoms with van der Waals surface area (Å²) in [5, 5.41) is 0.781. The molecule has 0 saturated heterocycles. The van der Waals surface area contributed by atoms with Crippen molar-refractivity contribution < 1.29 is 0 Å². The van der Waals surface area contributed by atoms with Gasteiger partial charge in [-0.2, -0.15) is 0 Å². The molecule has 2 N–H and O–H groups in total. The van der Waals surface area contributed by atoms with Gasteiger partial charge in [-0.05, 0) is 30.4 Å². The van der Waals surface area contributed by atoms with Crippen molar-refractivity contribution in [1.29, 1.82) is 0 Å². The molecule has 0 radical (unpaired) electrons. The first-order valence-corrected chi connectivity index (χ1v) is 5.49. The maximum atomic E-state index is 6.06. The van der Waals surface area contributed by atoms with Gasteiger partial charge in [0.15, 0.2) is 0 Å². The number of rotatable bonds is 4. The van der Waals surface area contributed by atoms with Gasteiger partial charge in [0.05, 0.1) is 0 Å². The van der Waals surface area contributed by atoms with Crippen molar-refractivity contribution in [3.05, 3.63) is 34.9 Å². The fourth-order valence-corrected chi connectivity index (χ4v) is 1.72. The maximum Gasteiger partial charge on any atom is 0.0453 e. The van der Waals surface area contributed by atoms with E-state index in [0.717, 1.165) is 23.4 Å². The molecule has 0 aliphatic heterocycles. The van der Waals surface area contributed by atoms with Crippen molar-refractivity contribution in [3.8, 4) is 0 Å². The van der Waals surface area contributed by atoms with Crippen LogP contribution in [0.2, 0.25) is 5.02 Å².